The monoisotopic (exact) mass is 325 g/mol. The lowest BCUT2D eigenvalue weighted by atomic mass is 10.1. The van der Waals surface area contributed by atoms with Crippen molar-refractivity contribution in [3.8, 4) is 5.75 Å². The summed E-state index contributed by atoms with van der Waals surface area (Å²) in [6, 6.07) is 5.62. The summed E-state index contributed by atoms with van der Waals surface area (Å²) in [5, 5.41) is 9.70. The van der Waals surface area contributed by atoms with Crippen LogP contribution in [0.3, 0.4) is 0 Å². The van der Waals surface area contributed by atoms with Crippen molar-refractivity contribution in [2.24, 2.45) is 0 Å². The Morgan fingerprint density at radius 1 is 1.41 bits per heavy atom. The molecule has 0 spiro atoms. The standard InChI is InChI=1S/C17H24ClNO3/c1-2-9-19(12-17(20)21)11-13-10-14(18)7-8-16(13)22-15-5-3-4-6-15/h7-8,10,15H,2-6,9,11-12H2,1H3,(H,20,21). The highest BCUT2D eigenvalue weighted by Crippen LogP contribution is 2.29. The predicted molar refractivity (Wildman–Crippen MR) is 87.5 cm³/mol. The topological polar surface area (TPSA) is 49.8 Å². The maximum Gasteiger partial charge on any atom is 0.317 e. The number of nitrogens with zero attached hydrogens (tertiary/aromatic N) is 1. The van der Waals surface area contributed by atoms with Crippen LogP contribution >= 0.6 is 11.6 Å². The van der Waals surface area contributed by atoms with Crippen LogP contribution in [0.2, 0.25) is 5.02 Å². The molecule has 0 aliphatic heterocycles. The van der Waals surface area contributed by atoms with E-state index < -0.39 is 5.97 Å². The van der Waals surface area contributed by atoms with Crippen LogP contribution in [0.25, 0.3) is 0 Å². The van der Waals surface area contributed by atoms with Gasteiger partial charge < -0.3 is 9.84 Å². The second kappa shape index (κ2) is 8.39. The van der Waals surface area contributed by atoms with Gasteiger partial charge in [-0.3, -0.25) is 9.69 Å². The third-order valence-electron chi connectivity index (χ3n) is 3.91. The van der Waals surface area contributed by atoms with Gasteiger partial charge in [-0.1, -0.05) is 18.5 Å². The van der Waals surface area contributed by atoms with Crippen molar-refractivity contribution < 1.29 is 14.6 Å². The van der Waals surface area contributed by atoms with Gasteiger partial charge in [0.2, 0.25) is 0 Å². The summed E-state index contributed by atoms with van der Waals surface area (Å²) in [6.07, 6.45) is 5.81. The Morgan fingerprint density at radius 3 is 2.77 bits per heavy atom. The van der Waals surface area contributed by atoms with Crippen LogP contribution in [0.5, 0.6) is 5.75 Å². The van der Waals surface area contributed by atoms with Crippen molar-refractivity contribution in [1.29, 1.82) is 0 Å². The Hall–Kier alpha value is -1.26. The molecular formula is C17H24ClNO3. The Balaban J connectivity index is 2.12. The van der Waals surface area contributed by atoms with Crippen LogP contribution in [0.4, 0.5) is 0 Å². The van der Waals surface area contributed by atoms with Gasteiger partial charge in [0.05, 0.1) is 12.6 Å². The van der Waals surface area contributed by atoms with Gasteiger partial charge in [0.1, 0.15) is 5.75 Å². The molecule has 122 valence electrons. The molecule has 22 heavy (non-hydrogen) atoms. The Kier molecular flexibility index (Phi) is 6.52. The number of carboxylic acids is 1. The van der Waals surface area contributed by atoms with Gasteiger partial charge in [-0.2, -0.15) is 0 Å². The fourth-order valence-corrected chi connectivity index (χ4v) is 3.13. The average molecular weight is 326 g/mol. The smallest absolute Gasteiger partial charge is 0.317 e. The molecule has 5 heteroatoms. The summed E-state index contributed by atoms with van der Waals surface area (Å²) in [5.74, 6) is 0.0246. The van der Waals surface area contributed by atoms with E-state index in [1.807, 2.05) is 30.0 Å². The summed E-state index contributed by atoms with van der Waals surface area (Å²) in [6.45, 7) is 3.36. The van der Waals surface area contributed by atoms with E-state index in [1.54, 1.807) is 0 Å². The lowest BCUT2D eigenvalue weighted by Gasteiger charge is -2.23. The lowest BCUT2D eigenvalue weighted by molar-refractivity contribution is -0.138. The van der Waals surface area contributed by atoms with E-state index in [0.29, 0.717) is 11.6 Å². The van der Waals surface area contributed by atoms with Crippen LogP contribution in [0.1, 0.15) is 44.6 Å². The van der Waals surface area contributed by atoms with E-state index in [9.17, 15) is 4.79 Å². The Bertz CT molecular complexity index is 501. The molecular weight excluding hydrogens is 302 g/mol. The zero-order valence-corrected chi connectivity index (χ0v) is 13.8. The van der Waals surface area contributed by atoms with Gasteiger partial charge in [-0.25, -0.2) is 0 Å². The first kappa shape index (κ1) is 17.1. The molecule has 0 heterocycles. The van der Waals surface area contributed by atoms with E-state index >= 15 is 0 Å². The van der Waals surface area contributed by atoms with E-state index in [4.69, 9.17) is 21.4 Å². The third-order valence-corrected chi connectivity index (χ3v) is 4.15. The van der Waals surface area contributed by atoms with Gasteiger partial charge in [-0.05, 0) is 56.8 Å². The van der Waals surface area contributed by atoms with Gasteiger partial charge in [0, 0.05) is 17.1 Å². The highest BCUT2D eigenvalue weighted by Gasteiger charge is 2.19. The number of hydrogen-bond acceptors (Lipinski definition) is 3. The van der Waals surface area contributed by atoms with Crippen molar-refractivity contribution in [1.82, 2.24) is 4.90 Å². The van der Waals surface area contributed by atoms with Crippen LogP contribution in [0, 0.1) is 0 Å². The number of carbonyl (C=O) groups is 1. The maximum absolute atomic E-state index is 11.0. The lowest BCUT2D eigenvalue weighted by Crippen LogP contribution is -2.30. The minimum Gasteiger partial charge on any atom is -0.490 e. The van der Waals surface area contributed by atoms with Crippen LogP contribution in [0.15, 0.2) is 18.2 Å². The van der Waals surface area contributed by atoms with E-state index in [-0.39, 0.29) is 12.6 Å². The number of hydrogen-bond donors (Lipinski definition) is 1. The fraction of sp³-hybridized carbons (Fsp3) is 0.588. The highest BCUT2D eigenvalue weighted by atomic mass is 35.5. The predicted octanol–water partition coefficient (Wildman–Crippen LogP) is 3.96. The molecule has 2 rings (SSSR count). The van der Waals surface area contributed by atoms with Gasteiger partial charge in [-0.15, -0.1) is 0 Å². The number of benzene rings is 1. The van der Waals surface area contributed by atoms with Crippen molar-refractivity contribution in [3.05, 3.63) is 28.8 Å². The molecule has 1 aliphatic carbocycles. The zero-order chi connectivity index (χ0) is 15.9. The second-order valence-electron chi connectivity index (χ2n) is 5.88. The highest BCUT2D eigenvalue weighted by molar-refractivity contribution is 6.30. The molecule has 1 aliphatic rings. The van der Waals surface area contributed by atoms with Crippen LogP contribution < -0.4 is 4.74 Å². The minimum absolute atomic E-state index is 0.0310. The molecule has 0 aromatic heterocycles. The molecule has 0 unspecified atom stereocenters. The fourth-order valence-electron chi connectivity index (χ4n) is 2.93. The second-order valence-corrected chi connectivity index (χ2v) is 6.32. The molecule has 0 amide bonds. The summed E-state index contributed by atoms with van der Waals surface area (Å²) in [4.78, 5) is 12.9. The van der Waals surface area contributed by atoms with Crippen LogP contribution in [-0.4, -0.2) is 35.2 Å². The molecule has 1 aromatic carbocycles. The molecule has 0 atom stereocenters. The number of ether oxygens (including phenoxy) is 1. The molecule has 1 N–H and O–H groups in total. The van der Waals surface area contributed by atoms with E-state index in [1.165, 1.54) is 12.8 Å². The molecule has 0 radical (unpaired) electrons. The Morgan fingerprint density at radius 2 is 2.14 bits per heavy atom. The molecule has 4 nitrogen and oxygen atoms in total. The molecule has 0 bridgehead atoms. The third kappa shape index (κ3) is 5.18. The summed E-state index contributed by atoms with van der Waals surface area (Å²) in [5.41, 5.74) is 0.967. The van der Waals surface area contributed by atoms with Crippen LogP contribution in [-0.2, 0) is 11.3 Å². The summed E-state index contributed by atoms with van der Waals surface area (Å²) < 4.78 is 6.11. The van der Waals surface area contributed by atoms with E-state index in [2.05, 4.69) is 0 Å². The number of halogens is 1. The summed E-state index contributed by atoms with van der Waals surface area (Å²) >= 11 is 6.11. The minimum atomic E-state index is -0.811. The first-order valence-corrected chi connectivity index (χ1v) is 8.35. The van der Waals surface area contributed by atoms with Crippen molar-refractivity contribution in [2.75, 3.05) is 13.1 Å². The summed E-state index contributed by atoms with van der Waals surface area (Å²) in [7, 11) is 0. The molecule has 0 saturated heterocycles. The van der Waals surface area contributed by atoms with E-state index in [0.717, 1.165) is 37.1 Å². The number of rotatable bonds is 8. The quantitative estimate of drug-likeness (QED) is 0.786. The number of aliphatic carboxylic acids is 1. The van der Waals surface area contributed by atoms with Crippen molar-refractivity contribution >= 4 is 17.6 Å². The van der Waals surface area contributed by atoms with Crippen molar-refractivity contribution in [2.45, 2.75) is 51.7 Å². The average Bonchev–Trinajstić information content (AvgIpc) is 2.94. The zero-order valence-electron chi connectivity index (χ0n) is 13.1. The number of carboxylic acid groups (broad SMARTS) is 1. The van der Waals surface area contributed by atoms with Gasteiger partial charge in [0.25, 0.3) is 0 Å². The van der Waals surface area contributed by atoms with Crippen molar-refractivity contribution in [3.63, 3.8) is 0 Å². The largest absolute Gasteiger partial charge is 0.490 e. The first-order chi connectivity index (χ1) is 10.6. The normalized spacial score (nSPS) is 15.4. The van der Waals surface area contributed by atoms with Gasteiger partial charge >= 0.3 is 5.97 Å². The molecule has 1 fully saturated rings. The Labute approximate surface area is 137 Å². The maximum atomic E-state index is 11.0. The molecule has 1 saturated carbocycles. The SMILES string of the molecule is CCCN(CC(=O)O)Cc1cc(Cl)ccc1OC1CCCC1. The van der Waals surface area contributed by atoms with Gasteiger partial charge in [0.15, 0.2) is 0 Å². The molecule has 1 aromatic rings. The first-order valence-electron chi connectivity index (χ1n) is 7.97.